The Bertz CT molecular complexity index is 558. The molecule has 1 saturated carbocycles. The lowest BCUT2D eigenvalue weighted by atomic mass is 9.95. The Hall–Kier alpha value is -1.68. The van der Waals surface area contributed by atoms with Crippen LogP contribution in [0.1, 0.15) is 50.0 Å². The summed E-state index contributed by atoms with van der Waals surface area (Å²) in [5.74, 6) is 1.62. The van der Waals surface area contributed by atoms with E-state index in [2.05, 4.69) is 48.3 Å². The molecule has 1 aromatic carbocycles. The van der Waals surface area contributed by atoms with Gasteiger partial charge in [-0.1, -0.05) is 49.3 Å². The van der Waals surface area contributed by atoms with E-state index in [1.807, 2.05) is 6.07 Å². The van der Waals surface area contributed by atoms with Crippen molar-refractivity contribution in [1.29, 1.82) is 0 Å². The van der Waals surface area contributed by atoms with Crippen LogP contribution in [0.5, 0.6) is 0 Å². The molecule has 3 rings (SSSR count). The molecule has 0 saturated heterocycles. The second kappa shape index (κ2) is 4.46. The molecular weight excluding hydrogens is 238 g/mol. The van der Waals surface area contributed by atoms with Gasteiger partial charge < -0.3 is 10.3 Å². The Balaban J connectivity index is 1.91. The molecular formula is C15H19N3O. The van der Waals surface area contributed by atoms with Gasteiger partial charge in [0.25, 0.3) is 0 Å². The van der Waals surface area contributed by atoms with Gasteiger partial charge in [0.15, 0.2) is 5.82 Å². The third-order valence-corrected chi connectivity index (χ3v) is 3.95. The quantitative estimate of drug-likeness (QED) is 0.914. The first-order valence-electron chi connectivity index (χ1n) is 6.79. The molecule has 100 valence electrons. The molecule has 0 unspecified atom stereocenters. The zero-order chi connectivity index (χ0) is 13.5. The van der Waals surface area contributed by atoms with Gasteiger partial charge in [-0.3, -0.25) is 0 Å². The fraction of sp³-hybridized carbons (Fsp3) is 0.467. The summed E-state index contributed by atoms with van der Waals surface area (Å²) in [6.45, 7) is 4.11. The molecule has 0 bridgehead atoms. The summed E-state index contributed by atoms with van der Waals surface area (Å²) in [4.78, 5) is 4.54. The fourth-order valence-electron chi connectivity index (χ4n) is 2.37. The normalized spacial score (nSPS) is 18.5. The summed E-state index contributed by atoms with van der Waals surface area (Å²) < 4.78 is 5.35. The third-order valence-electron chi connectivity index (χ3n) is 3.95. The molecule has 0 radical (unpaired) electrons. The van der Waals surface area contributed by atoms with Crippen molar-refractivity contribution < 1.29 is 4.52 Å². The Morgan fingerprint density at radius 1 is 1.21 bits per heavy atom. The van der Waals surface area contributed by atoms with Crippen molar-refractivity contribution in [3.63, 3.8) is 0 Å². The van der Waals surface area contributed by atoms with Gasteiger partial charge in [-0.05, 0) is 24.3 Å². The zero-order valence-electron chi connectivity index (χ0n) is 11.3. The van der Waals surface area contributed by atoms with Crippen molar-refractivity contribution in [3.05, 3.63) is 47.6 Å². The maximum Gasteiger partial charge on any atom is 0.243 e. The van der Waals surface area contributed by atoms with Crippen molar-refractivity contribution in [2.45, 2.75) is 38.1 Å². The highest BCUT2D eigenvalue weighted by Crippen LogP contribution is 2.52. The second-order valence-corrected chi connectivity index (χ2v) is 5.67. The number of nitrogens with two attached hydrogens (primary N) is 1. The average molecular weight is 257 g/mol. The van der Waals surface area contributed by atoms with Gasteiger partial charge in [0, 0.05) is 0 Å². The molecule has 2 N–H and O–H groups in total. The van der Waals surface area contributed by atoms with E-state index < -0.39 is 0 Å². The van der Waals surface area contributed by atoms with Gasteiger partial charge >= 0.3 is 0 Å². The summed E-state index contributed by atoms with van der Waals surface area (Å²) in [6.07, 6.45) is 2.15. The maximum absolute atomic E-state index is 6.06. The molecule has 4 nitrogen and oxygen atoms in total. The van der Waals surface area contributed by atoms with Crippen LogP contribution in [-0.4, -0.2) is 10.1 Å². The van der Waals surface area contributed by atoms with Crippen molar-refractivity contribution in [2.24, 2.45) is 11.7 Å². The van der Waals surface area contributed by atoms with Crippen LogP contribution in [0, 0.1) is 5.92 Å². The first-order valence-corrected chi connectivity index (χ1v) is 6.79. The lowest BCUT2D eigenvalue weighted by Crippen LogP contribution is -2.17. The molecule has 1 atom stereocenters. The maximum atomic E-state index is 6.06. The van der Waals surface area contributed by atoms with E-state index in [1.165, 1.54) is 5.56 Å². The first-order chi connectivity index (χ1) is 9.13. The second-order valence-electron chi connectivity index (χ2n) is 5.67. The van der Waals surface area contributed by atoms with Crippen LogP contribution in [0.2, 0.25) is 0 Å². The molecule has 1 heterocycles. The molecule has 1 fully saturated rings. The van der Waals surface area contributed by atoms with Gasteiger partial charge in [0.05, 0.1) is 11.5 Å². The Labute approximate surface area is 113 Å². The molecule has 19 heavy (non-hydrogen) atoms. The molecule has 0 amide bonds. The Kier molecular flexibility index (Phi) is 2.90. The van der Waals surface area contributed by atoms with E-state index in [9.17, 15) is 0 Å². The van der Waals surface area contributed by atoms with Crippen molar-refractivity contribution in [1.82, 2.24) is 10.1 Å². The van der Waals surface area contributed by atoms with Crippen LogP contribution in [0.25, 0.3) is 0 Å². The Morgan fingerprint density at radius 3 is 2.47 bits per heavy atom. The molecule has 2 aromatic rings. The molecule has 1 aliphatic carbocycles. The predicted octanol–water partition coefficient (Wildman–Crippen LogP) is 2.81. The van der Waals surface area contributed by atoms with Crippen molar-refractivity contribution >= 4 is 0 Å². The standard InChI is InChI=1S/C15H19N3O/c1-10(2)12(16)13-17-14(18-19-13)15(8-9-15)11-6-4-3-5-7-11/h3-7,10,12H,8-9,16H2,1-2H3/t12-/m0/s1. The number of benzene rings is 1. The number of hydrogen-bond donors (Lipinski definition) is 1. The van der Waals surface area contributed by atoms with E-state index >= 15 is 0 Å². The largest absolute Gasteiger partial charge is 0.338 e. The van der Waals surface area contributed by atoms with Gasteiger partial charge in [0.2, 0.25) is 5.89 Å². The highest BCUT2D eigenvalue weighted by atomic mass is 16.5. The van der Waals surface area contributed by atoms with E-state index in [-0.39, 0.29) is 11.5 Å². The van der Waals surface area contributed by atoms with Crippen LogP contribution >= 0.6 is 0 Å². The lowest BCUT2D eigenvalue weighted by molar-refractivity contribution is 0.321. The number of nitrogens with zero attached hydrogens (tertiary/aromatic N) is 2. The lowest BCUT2D eigenvalue weighted by Gasteiger charge is -2.11. The summed E-state index contributed by atoms with van der Waals surface area (Å²) in [5.41, 5.74) is 7.28. The summed E-state index contributed by atoms with van der Waals surface area (Å²) in [6, 6.07) is 10.2. The zero-order valence-corrected chi connectivity index (χ0v) is 11.3. The van der Waals surface area contributed by atoms with E-state index in [0.717, 1.165) is 18.7 Å². The van der Waals surface area contributed by atoms with Gasteiger partial charge in [0.1, 0.15) is 0 Å². The fourth-order valence-corrected chi connectivity index (χ4v) is 2.37. The van der Waals surface area contributed by atoms with E-state index in [4.69, 9.17) is 10.3 Å². The van der Waals surface area contributed by atoms with E-state index in [0.29, 0.717) is 11.8 Å². The van der Waals surface area contributed by atoms with Gasteiger partial charge in [-0.25, -0.2) is 0 Å². The SMILES string of the molecule is CC(C)[C@H](N)c1nc(C2(c3ccccc3)CC2)no1. The highest BCUT2D eigenvalue weighted by Gasteiger charge is 2.50. The van der Waals surface area contributed by atoms with Crippen LogP contribution in [-0.2, 0) is 5.41 Å². The minimum Gasteiger partial charge on any atom is -0.338 e. The third kappa shape index (κ3) is 2.06. The molecule has 4 heteroatoms. The number of rotatable bonds is 4. The topological polar surface area (TPSA) is 64.9 Å². The Morgan fingerprint density at radius 2 is 1.89 bits per heavy atom. The predicted molar refractivity (Wildman–Crippen MR) is 72.5 cm³/mol. The van der Waals surface area contributed by atoms with Crippen LogP contribution < -0.4 is 5.73 Å². The van der Waals surface area contributed by atoms with Crippen molar-refractivity contribution in [2.75, 3.05) is 0 Å². The number of hydrogen-bond acceptors (Lipinski definition) is 4. The highest BCUT2D eigenvalue weighted by molar-refractivity contribution is 5.38. The summed E-state index contributed by atoms with van der Waals surface area (Å²) in [7, 11) is 0. The monoisotopic (exact) mass is 257 g/mol. The van der Waals surface area contributed by atoms with Gasteiger partial charge in [-0.2, -0.15) is 4.98 Å². The summed E-state index contributed by atoms with van der Waals surface area (Å²) in [5, 5.41) is 4.16. The van der Waals surface area contributed by atoms with Crippen molar-refractivity contribution in [3.8, 4) is 0 Å². The minimum absolute atomic E-state index is 0.0420. The minimum atomic E-state index is -0.187. The smallest absolute Gasteiger partial charge is 0.243 e. The average Bonchev–Trinajstić information content (AvgIpc) is 3.10. The van der Waals surface area contributed by atoms with E-state index in [1.54, 1.807) is 0 Å². The van der Waals surface area contributed by atoms with Crippen LogP contribution in [0.3, 0.4) is 0 Å². The molecule has 0 spiro atoms. The van der Waals surface area contributed by atoms with Gasteiger partial charge in [-0.15, -0.1) is 0 Å². The first kappa shape index (κ1) is 12.4. The summed E-state index contributed by atoms with van der Waals surface area (Å²) >= 11 is 0. The molecule has 1 aliphatic rings. The molecule has 1 aromatic heterocycles. The van der Waals surface area contributed by atoms with Crippen LogP contribution in [0.15, 0.2) is 34.9 Å². The molecule has 0 aliphatic heterocycles. The number of aromatic nitrogens is 2. The van der Waals surface area contributed by atoms with Crippen LogP contribution in [0.4, 0.5) is 0 Å².